The third kappa shape index (κ3) is 2.60. The molecule has 0 amide bonds. The number of fused-ring (bicyclic) bond motifs is 2. The van der Waals surface area contributed by atoms with E-state index in [1.54, 1.807) is 0 Å². The monoisotopic (exact) mass is 259 g/mol. The van der Waals surface area contributed by atoms with Gasteiger partial charge in [0, 0.05) is 37.6 Å². The van der Waals surface area contributed by atoms with Crippen LogP contribution in [0, 0.1) is 0 Å². The Hall–Kier alpha value is -1.13. The summed E-state index contributed by atoms with van der Waals surface area (Å²) in [6.07, 6.45) is 7.93. The maximum Gasteiger partial charge on any atom is 0.0755 e. The van der Waals surface area contributed by atoms with Crippen molar-refractivity contribution in [3.63, 3.8) is 0 Å². The molecule has 1 aliphatic carbocycles. The van der Waals surface area contributed by atoms with Crippen molar-refractivity contribution in [1.29, 1.82) is 0 Å². The van der Waals surface area contributed by atoms with Crippen LogP contribution in [0.25, 0.3) is 0 Å². The SMILES string of the molecule is c1cc(N2CC3CCC(C2)O3)cc(CNC2CC2)n1. The molecule has 3 fully saturated rings. The third-order valence-corrected chi connectivity index (χ3v) is 4.36. The molecular formula is C15H21N3O. The first kappa shape index (κ1) is 11.7. The van der Waals surface area contributed by atoms with Gasteiger partial charge in [-0.05, 0) is 37.8 Å². The summed E-state index contributed by atoms with van der Waals surface area (Å²) in [6.45, 7) is 2.97. The van der Waals surface area contributed by atoms with E-state index in [1.165, 1.54) is 31.4 Å². The number of hydrogen-bond acceptors (Lipinski definition) is 4. The second-order valence-corrected chi connectivity index (χ2v) is 6.02. The first-order valence-electron chi connectivity index (χ1n) is 7.45. The molecular weight excluding hydrogens is 238 g/mol. The van der Waals surface area contributed by atoms with Crippen LogP contribution in [0.5, 0.6) is 0 Å². The molecule has 1 N–H and O–H groups in total. The van der Waals surface area contributed by atoms with Crippen LogP contribution in [0.2, 0.25) is 0 Å². The zero-order chi connectivity index (χ0) is 12.7. The summed E-state index contributed by atoms with van der Waals surface area (Å²) >= 11 is 0. The summed E-state index contributed by atoms with van der Waals surface area (Å²) in [4.78, 5) is 6.93. The quantitative estimate of drug-likeness (QED) is 0.893. The number of nitrogens with one attached hydrogen (secondary N) is 1. The maximum absolute atomic E-state index is 5.90. The fourth-order valence-corrected chi connectivity index (χ4v) is 3.12. The van der Waals surface area contributed by atoms with Gasteiger partial charge < -0.3 is 15.0 Å². The summed E-state index contributed by atoms with van der Waals surface area (Å²) in [5.74, 6) is 0. The summed E-state index contributed by atoms with van der Waals surface area (Å²) in [5.41, 5.74) is 2.46. The number of aromatic nitrogens is 1. The second-order valence-electron chi connectivity index (χ2n) is 6.02. The summed E-state index contributed by atoms with van der Waals surface area (Å²) in [5, 5.41) is 3.53. The van der Waals surface area contributed by atoms with E-state index in [-0.39, 0.29) is 0 Å². The molecule has 4 nitrogen and oxygen atoms in total. The van der Waals surface area contributed by atoms with Crippen LogP contribution in [0.1, 0.15) is 31.4 Å². The lowest BCUT2D eigenvalue weighted by molar-refractivity contribution is 0.0305. The highest BCUT2D eigenvalue weighted by molar-refractivity contribution is 5.47. The minimum Gasteiger partial charge on any atom is -0.371 e. The lowest BCUT2D eigenvalue weighted by atomic mass is 10.2. The Bertz CT molecular complexity index is 448. The van der Waals surface area contributed by atoms with Crippen molar-refractivity contribution in [2.24, 2.45) is 0 Å². The van der Waals surface area contributed by atoms with Crippen LogP contribution in [0.3, 0.4) is 0 Å². The lowest BCUT2D eigenvalue weighted by Crippen LogP contribution is -2.42. The van der Waals surface area contributed by atoms with E-state index in [0.717, 1.165) is 31.4 Å². The minimum atomic E-state index is 0.444. The molecule has 4 rings (SSSR count). The number of pyridine rings is 1. The van der Waals surface area contributed by atoms with Crippen molar-refractivity contribution in [3.05, 3.63) is 24.0 Å². The van der Waals surface area contributed by atoms with E-state index in [0.29, 0.717) is 12.2 Å². The Labute approximate surface area is 114 Å². The molecule has 19 heavy (non-hydrogen) atoms. The Balaban J connectivity index is 1.46. The van der Waals surface area contributed by atoms with Gasteiger partial charge in [-0.15, -0.1) is 0 Å². The van der Waals surface area contributed by atoms with Gasteiger partial charge in [-0.1, -0.05) is 0 Å². The smallest absolute Gasteiger partial charge is 0.0755 e. The van der Waals surface area contributed by atoms with E-state index in [1.807, 2.05) is 6.20 Å². The molecule has 0 aromatic carbocycles. The predicted molar refractivity (Wildman–Crippen MR) is 74.2 cm³/mol. The number of nitrogens with zero attached hydrogens (tertiary/aromatic N) is 2. The topological polar surface area (TPSA) is 37.4 Å². The zero-order valence-corrected chi connectivity index (χ0v) is 11.2. The van der Waals surface area contributed by atoms with E-state index in [2.05, 4.69) is 27.3 Å². The summed E-state index contributed by atoms with van der Waals surface area (Å²) in [7, 11) is 0. The van der Waals surface area contributed by atoms with Gasteiger partial charge in [0.25, 0.3) is 0 Å². The highest BCUT2D eigenvalue weighted by Gasteiger charge is 2.33. The minimum absolute atomic E-state index is 0.444. The number of anilines is 1. The lowest BCUT2D eigenvalue weighted by Gasteiger charge is -2.34. The molecule has 0 spiro atoms. The fourth-order valence-electron chi connectivity index (χ4n) is 3.12. The van der Waals surface area contributed by atoms with Crippen LogP contribution >= 0.6 is 0 Å². The highest BCUT2D eigenvalue weighted by Crippen LogP contribution is 2.29. The van der Waals surface area contributed by atoms with Crippen LogP contribution < -0.4 is 10.2 Å². The van der Waals surface area contributed by atoms with Gasteiger partial charge in [-0.3, -0.25) is 4.98 Å². The van der Waals surface area contributed by atoms with Crippen molar-refractivity contribution >= 4 is 5.69 Å². The highest BCUT2D eigenvalue weighted by atomic mass is 16.5. The first-order valence-corrected chi connectivity index (χ1v) is 7.45. The van der Waals surface area contributed by atoms with Gasteiger partial charge in [0.1, 0.15) is 0 Å². The Morgan fingerprint density at radius 3 is 2.74 bits per heavy atom. The van der Waals surface area contributed by atoms with Gasteiger partial charge in [0.05, 0.1) is 17.9 Å². The number of ether oxygens (including phenoxy) is 1. The molecule has 4 heteroatoms. The Morgan fingerprint density at radius 1 is 1.21 bits per heavy atom. The average Bonchev–Trinajstić information content (AvgIpc) is 3.22. The van der Waals surface area contributed by atoms with Crippen molar-refractivity contribution in [3.8, 4) is 0 Å². The molecule has 0 radical (unpaired) electrons. The molecule has 2 bridgehead atoms. The van der Waals surface area contributed by atoms with Gasteiger partial charge >= 0.3 is 0 Å². The molecule has 2 atom stereocenters. The van der Waals surface area contributed by atoms with E-state index in [9.17, 15) is 0 Å². The standard InChI is InChI=1S/C15H21N3O/c1-2-11(1)17-8-12-7-13(5-6-16-12)18-9-14-3-4-15(10-18)19-14/h5-7,11,14-15,17H,1-4,8-10H2. The number of rotatable bonds is 4. The summed E-state index contributed by atoms with van der Waals surface area (Å²) < 4.78 is 5.90. The Morgan fingerprint density at radius 2 is 2.00 bits per heavy atom. The summed E-state index contributed by atoms with van der Waals surface area (Å²) in [6, 6.07) is 5.11. The van der Waals surface area contributed by atoms with Gasteiger partial charge in [-0.25, -0.2) is 0 Å². The number of hydrogen-bond donors (Lipinski definition) is 1. The van der Waals surface area contributed by atoms with Crippen molar-refractivity contribution in [2.75, 3.05) is 18.0 Å². The van der Waals surface area contributed by atoms with E-state index < -0.39 is 0 Å². The zero-order valence-electron chi connectivity index (χ0n) is 11.2. The van der Waals surface area contributed by atoms with Crippen LogP contribution in [-0.4, -0.2) is 36.3 Å². The fraction of sp³-hybridized carbons (Fsp3) is 0.667. The molecule has 2 unspecified atom stereocenters. The maximum atomic E-state index is 5.90. The van der Waals surface area contributed by atoms with Gasteiger partial charge in [0.15, 0.2) is 0 Å². The van der Waals surface area contributed by atoms with Crippen molar-refractivity contribution in [1.82, 2.24) is 10.3 Å². The molecule has 1 aromatic heterocycles. The third-order valence-electron chi connectivity index (χ3n) is 4.36. The van der Waals surface area contributed by atoms with E-state index in [4.69, 9.17) is 4.74 Å². The normalized spacial score (nSPS) is 29.8. The molecule has 3 aliphatic rings. The number of morpholine rings is 1. The molecule has 2 aliphatic heterocycles. The Kier molecular flexibility index (Phi) is 2.93. The van der Waals surface area contributed by atoms with Gasteiger partial charge in [-0.2, -0.15) is 0 Å². The second kappa shape index (κ2) is 4.76. The van der Waals surface area contributed by atoms with Crippen molar-refractivity contribution < 1.29 is 4.74 Å². The molecule has 2 saturated heterocycles. The first-order chi connectivity index (χ1) is 9.37. The largest absolute Gasteiger partial charge is 0.371 e. The molecule has 1 saturated carbocycles. The van der Waals surface area contributed by atoms with Crippen LogP contribution in [0.15, 0.2) is 18.3 Å². The van der Waals surface area contributed by atoms with Gasteiger partial charge in [0.2, 0.25) is 0 Å². The average molecular weight is 259 g/mol. The van der Waals surface area contributed by atoms with Crippen molar-refractivity contribution in [2.45, 2.75) is 50.5 Å². The van der Waals surface area contributed by atoms with E-state index >= 15 is 0 Å². The molecule has 102 valence electrons. The predicted octanol–water partition coefficient (Wildman–Crippen LogP) is 1.70. The molecule has 1 aromatic rings. The van der Waals surface area contributed by atoms with Crippen LogP contribution in [0.4, 0.5) is 5.69 Å². The molecule has 3 heterocycles. The van der Waals surface area contributed by atoms with Crippen LogP contribution in [-0.2, 0) is 11.3 Å².